The van der Waals surface area contributed by atoms with Gasteiger partial charge in [0, 0.05) is 6.42 Å². The second-order valence-electron chi connectivity index (χ2n) is 6.22. The van der Waals surface area contributed by atoms with Crippen molar-refractivity contribution in [2.24, 2.45) is 17.6 Å². The van der Waals surface area contributed by atoms with Gasteiger partial charge in [-0.15, -0.1) is 0 Å². The van der Waals surface area contributed by atoms with Gasteiger partial charge in [0.1, 0.15) is 0 Å². The molecule has 2 rings (SSSR count). The van der Waals surface area contributed by atoms with Crippen LogP contribution in [0.4, 0.5) is 0 Å². The molecule has 0 saturated heterocycles. The Labute approximate surface area is 127 Å². The summed E-state index contributed by atoms with van der Waals surface area (Å²) in [5.74, 6) is 1.42. The molecule has 0 aliphatic heterocycles. The summed E-state index contributed by atoms with van der Waals surface area (Å²) in [6.07, 6.45) is 7.59. The van der Waals surface area contributed by atoms with E-state index < -0.39 is 0 Å². The molecule has 0 bridgehead atoms. The normalized spacial score (nSPS) is 22.0. The average molecular weight is 289 g/mol. The summed E-state index contributed by atoms with van der Waals surface area (Å²) in [7, 11) is 1.44. The number of hydrogen-bond acceptors (Lipinski definition) is 3. The fourth-order valence-electron chi connectivity index (χ4n) is 3.20. The number of methoxy groups -OCH3 is 1. The molecule has 0 spiro atoms. The number of benzene rings is 1. The fraction of sp³-hybridized carbons (Fsp3) is 0.611. The summed E-state index contributed by atoms with van der Waals surface area (Å²) in [6, 6.07) is 8.71. The van der Waals surface area contributed by atoms with Gasteiger partial charge in [-0.2, -0.15) is 0 Å². The predicted octanol–water partition coefficient (Wildman–Crippen LogP) is 3.10. The predicted molar refractivity (Wildman–Crippen MR) is 85.0 cm³/mol. The Balaban J connectivity index is 1.78. The largest absolute Gasteiger partial charge is 0.469 e. The first-order valence-electron chi connectivity index (χ1n) is 8.06. The van der Waals surface area contributed by atoms with Crippen molar-refractivity contribution in [2.45, 2.75) is 44.9 Å². The Morgan fingerprint density at radius 1 is 1.10 bits per heavy atom. The lowest BCUT2D eigenvalue weighted by Gasteiger charge is -2.27. The monoisotopic (exact) mass is 289 g/mol. The first kappa shape index (κ1) is 16.0. The van der Waals surface area contributed by atoms with Crippen molar-refractivity contribution in [1.82, 2.24) is 0 Å². The Kier molecular flexibility index (Phi) is 6.24. The lowest BCUT2D eigenvalue weighted by molar-refractivity contribution is -0.140. The molecule has 1 saturated carbocycles. The fourth-order valence-corrected chi connectivity index (χ4v) is 3.20. The van der Waals surface area contributed by atoms with Gasteiger partial charge in [-0.3, -0.25) is 4.79 Å². The van der Waals surface area contributed by atoms with Gasteiger partial charge in [0.15, 0.2) is 0 Å². The molecule has 116 valence electrons. The highest BCUT2D eigenvalue weighted by molar-refractivity contribution is 5.69. The molecule has 1 aromatic rings. The van der Waals surface area contributed by atoms with E-state index in [-0.39, 0.29) is 5.97 Å². The van der Waals surface area contributed by atoms with Crippen LogP contribution >= 0.6 is 0 Å². The van der Waals surface area contributed by atoms with Gasteiger partial charge in [0.2, 0.25) is 0 Å². The molecule has 0 atom stereocenters. The van der Waals surface area contributed by atoms with E-state index in [1.165, 1.54) is 50.3 Å². The number of ether oxygens (including phenoxy) is 1. The first-order valence-corrected chi connectivity index (χ1v) is 8.06. The molecule has 2 N–H and O–H groups in total. The van der Waals surface area contributed by atoms with E-state index in [9.17, 15) is 4.79 Å². The number of carbonyl (C=O) groups is 1. The molecular weight excluding hydrogens is 262 g/mol. The maximum atomic E-state index is 11.1. The van der Waals surface area contributed by atoms with Crippen molar-refractivity contribution in [2.75, 3.05) is 13.7 Å². The van der Waals surface area contributed by atoms with Crippen LogP contribution in [0, 0.1) is 11.8 Å². The van der Waals surface area contributed by atoms with Crippen LogP contribution in [0.5, 0.6) is 0 Å². The van der Waals surface area contributed by atoms with Crippen LogP contribution in [0.1, 0.15) is 43.2 Å². The van der Waals surface area contributed by atoms with E-state index >= 15 is 0 Å². The van der Waals surface area contributed by atoms with Gasteiger partial charge in [0.25, 0.3) is 0 Å². The van der Waals surface area contributed by atoms with Crippen molar-refractivity contribution < 1.29 is 9.53 Å². The third-order valence-corrected chi connectivity index (χ3v) is 4.69. The molecule has 0 heterocycles. The summed E-state index contributed by atoms with van der Waals surface area (Å²) >= 11 is 0. The lowest BCUT2D eigenvalue weighted by Crippen LogP contribution is -2.22. The number of hydrogen-bond donors (Lipinski definition) is 1. The highest BCUT2D eigenvalue weighted by atomic mass is 16.5. The van der Waals surface area contributed by atoms with Crippen LogP contribution < -0.4 is 5.73 Å². The molecule has 0 aromatic heterocycles. The maximum absolute atomic E-state index is 11.1. The second-order valence-corrected chi connectivity index (χ2v) is 6.22. The van der Waals surface area contributed by atoms with Crippen molar-refractivity contribution in [1.29, 1.82) is 0 Å². The summed E-state index contributed by atoms with van der Waals surface area (Å²) in [5, 5.41) is 0. The van der Waals surface area contributed by atoms with Gasteiger partial charge in [-0.1, -0.05) is 24.3 Å². The Bertz CT molecular complexity index is 433. The van der Waals surface area contributed by atoms with E-state index in [0.717, 1.165) is 24.8 Å². The minimum Gasteiger partial charge on any atom is -0.469 e. The van der Waals surface area contributed by atoms with Crippen LogP contribution in [0.2, 0.25) is 0 Å². The van der Waals surface area contributed by atoms with E-state index in [0.29, 0.717) is 6.42 Å². The standard InChI is InChI=1S/C18H27NO2/c1-21-18(20)11-10-14-2-4-15(5-3-14)12-16-6-8-17(13-19)9-7-16/h2-5,16-17H,6-13,19H2,1H3. The SMILES string of the molecule is COC(=O)CCc1ccc(CC2CCC(CN)CC2)cc1. The third kappa shape index (κ3) is 5.16. The molecule has 21 heavy (non-hydrogen) atoms. The van der Waals surface area contributed by atoms with Crippen LogP contribution in [0.15, 0.2) is 24.3 Å². The number of nitrogens with two attached hydrogens (primary N) is 1. The molecule has 3 nitrogen and oxygen atoms in total. The molecule has 0 radical (unpaired) electrons. The number of carbonyl (C=O) groups excluding carboxylic acids is 1. The summed E-state index contributed by atoms with van der Waals surface area (Å²) < 4.78 is 4.67. The van der Waals surface area contributed by atoms with Gasteiger partial charge in [0.05, 0.1) is 7.11 Å². The van der Waals surface area contributed by atoms with E-state index in [1.807, 2.05) is 0 Å². The summed E-state index contributed by atoms with van der Waals surface area (Å²) in [5.41, 5.74) is 8.36. The highest BCUT2D eigenvalue weighted by Gasteiger charge is 2.20. The van der Waals surface area contributed by atoms with Gasteiger partial charge >= 0.3 is 5.97 Å². The molecule has 3 heteroatoms. The zero-order chi connectivity index (χ0) is 15.1. The lowest BCUT2D eigenvalue weighted by atomic mass is 9.79. The van der Waals surface area contributed by atoms with E-state index in [1.54, 1.807) is 0 Å². The Morgan fingerprint density at radius 2 is 1.67 bits per heavy atom. The third-order valence-electron chi connectivity index (χ3n) is 4.69. The van der Waals surface area contributed by atoms with Crippen molar-refractivity contribution >= 4 is 5.97 Å². The quantitative estimate of drug-likeness (QED) is 0.819. The number of esters is 1. The average Bonchev–Trinajstić information content (AvgIpc) is 2.54. The smallest absolute Gasteiger partial charge is 0.305 e. The van der Waals surface area contributed by atoms with Gasteiger partial charge in [-0.25, -0.2) is 0 Å². The second kappa shape index (κ2) is 8.18. The number of aryl methyl sites for hydroxylation is 1. The van der Waals surface area contributed by atoms with E-state index in [4.69, 9.17) is 5.73 Å². The van der Waals surface area contributed by atoms with Crippen LogP contribution in [0.25, 0.3) is 0 Å². The first-order chi connectivity index (χ1) is 10.2. The molecule has 0 amide bonds. The summed E-state index contributed by atoms with van der Waals surface area (Å²) in [6.45, 7) is 0.849. The zero-order valence-electron chi connectivity index (χ0n) is 13.0. The number of rotatable bonds is 6. The van der Waals surface area contributed by atoms with Crippen LogP contribution in [-0.4, -0.2) is 19.6 Å². The van der Waals surface area contributed by atoms with Gasteiger partial charge in [-0.05, 0) is 68.0 Å². The van der Waals surface area contributed by atoms with Crippen molar-refractivity contribution in [3.8, 4) is 0 Å². The Morgan fingerprint density at radius 3 is 2.24 bits per heavy atom. The topological polar surface area (TPSA) is 52.3 Å². The minimum absolute atomic E-state index is 0.143. The summed E-state index contributed by atoms with van der Waals surface area (Å²) in [4.78, 5) is 11.1. The molecule has 0 unspecified atom stereocenters. The van der Waals surface area contributed by atoms with Gasteiger partial charge < -0.3 is 10.5 Å². The molecule has 1 aromatic carbocycles. The van der Waals surface area contributed by atoms with Crippen LogP contribution in [0.3, 0.4) is 0 Å². The Hall–Kier alpha value is -1.35. The molecule has 1 aliphatic rings. The molecule has 1 fully saturated rings. The maximum Gasteiger partial charge on any atom is 0.305 e. The van der Waals surface area contributed by atoms with Crippen LogP contribution in [-0.2, 0) is 22.4 Å². The highest BCUT2D eigenvalue weighted by Crippen LogP contribution is 2.30. The molecular formula is C18H27NO2. The van der Waals surface area contributed by atoms with Crippen molar-refractivity contribution in [3.05, 3.63) is 35.4 Å². The minimum atomic E-state index is -0.143. The molecule has 1 aliphatic carbocycles. The van der Waals surface area contributed by atoms with E-state index in [2.05, 4.69) is 29.0 Å². The van der Waals surface area contributed by atoms with Crippen molar-refractivity contribution in [3.63, 3.8) is 0 Å². The zero-order valence-corrected chi connectivity index (χ0v) is 13.0.